The lowest BCUT2D eigenvalue weighted by atomic mass is 10.1. The van der Waals surface area contributed by atoms with Crippen LogP contribution in [-0.2, 0) is 4.74 Å². The molecule has 0 spiro atoms. The number of hydrogen-bond donors (Lipinski definition) is 5. The maximum Gasteiger partial charge on any atom is 0.333 e. The molecule has 13 heteroatoms. The van der Waals surface area contributed by atoms with Crippen LogP contribution in [0, 0.1) is 10.1 Å². The van der Waals surface area contributed by atoms with Gasteiger partial charge < -0.3 is 25.8 Å². The van der Waals surface area contributed by atoms with E-state index in [4.69, 9.17) is 15.6 Å². The maximum atomic E-state index is 11.9. The van der Waals surface area contributed by atoms with Crippen molar-refractivity contribution in [2.75, 3.05) is 12.3 Å². The lowest BCUT2D eigenvalue weighted by Crippen LogP contribution is -2.44. The number of rotatable bonds is 3. The molecule has 3 rings (SSSR count). The van der Waals surface area contributed by atoms with Gasteiger partial charge in [0.1, 0.15) is 18.3 Å². The van der Waals surface area contributed by atoms with Gasteiger partial charge in [0.25, 0.3) is 10.7 Å². The molecule has 2 aromatic heterocycles. The third kappa shape index (κ3) is 2.22. The van der Waals surface area contributed by atoms with Crippen LogP contribution >= 0.6 is 0 Å². The van der Waals surface area contributed by atoms with E-state index in [0.29, 0.717) is 4.68 Å². The number of aromatic nitrogens is 4. The minimum absolute atomic E-state index is 0.210. The van der Waals surface area contributed by atoms with Gasteiger partial charge >= 0.3 is 17.4 Å². The smallest absolute Gasteiger partial charge is 0.333 e. The van der Waals surface area contributed by atoms with Crippen molar-refractivity contribution in [2.24, 2.45) is 0 Å². The number of hydrogen-bond acceptors (Lipinski definition) is 9. The van der Waals surface area contributed by atoms with E-state index in [-0.39, 0.29) is 11.6 Å². The molecule has 124 valence electrons. The van der Waals surface area contributed by atoms with E-state index in [2.05, 4.69) is 9.97 Å². The summed E-state index contributed by atoms with van der Waals surface area (Å²) < 4.78 is 6.69. The number of anilines is 1. The van der Waals surface area contributed by atoms with Crippen LogP contribution in [0.4, 0.5) is 5.95 Å². The Balaban J connectivity index is 2.23. The molecule has 1 saturated heterocycles. The van der Waals surface area contributed by atoms with E-state index in [1.807, 2.05) is 0 Å². The summed E-state index contributed by atoms with van der Waals surface area (Å²) in [5.74, 6) is -0.288. The van der Waals surface area contributed by atoms with E-state index in [1.165, 1.54) is 0 Å². The Kier molecular flexibility index (Phi) is 3.48. The van der Waals surface area contributed by atoms with Gasteiger partial charge in [0.2, 0.25) is 12.2 Å². The first-order valence-corrected chi connectivity index (χ1v) is 6.44. The Morgan fingerprint density at radius 1 is 1.52 bits per heavy atom. The first-order valence-electron chi connectivity index (χ1n) is 6.44. The van der Waals surface area contributed by atoms with Gasteiger partial charge in [-0.3, -0.25) is 9.78 Å². The van der Waals surface area contributed by atoms with Crippen LogP contribution in [0.1, 0.15) is 6.23 Å². The topological polar surface area (TPSA) is 194 Å². The molecule has 0 amide bonds. The Morgan fingerprint density at radius 2 is 2.22 bits per heavy atom. The molecule has 0 aromatic carbocycles. The highest BCUT2D eigenvalue weighted by Gasteiger charge is 2.48. The number of nitro groups is 1. The molecule has 2 aromatic rings. The SMILES string of the molecule is Nc1nc2c(c(=O)[nH]1)[n+]([N+](=O)[O-])cn2[C@@H]1O[C@H](CO)[C@@H](O)[C@H]1O. The summed E-state index contributed by atoms with van der Waals surface area (Å²) in [6.45, 7) is -0.570. The Bertz CT molecular complexity index is 831. The number of ether oxygens (including phenoxy) is 1. The molecule has 3 heterocycles. The van der Waals surface area contributed by atoms with Gasteiger partial charge in [0.05, 0.1) is 11.3 Å². The number of aliphatic hydroxyl groups excluding tert-OH is 3. The molecule has 1 fully saturated rings. The van der Waals surface area contributed by atoms with Gasteiger partial charge in [-0.25, -0.2) is 10.1 Å². The number of aromatic amines is 1. The minimum Gasteiger partial charge on any atom is -0.394 e. The largest absolute Gasteiger partial charge is 0.394 e. The third-order valence-corrected chi connectivity index (χ3v) is 3.57. The van der Waals surface area contributed by atoms with Gasteiger partial charge in [-0.05, 0) is 0 Å². The predicted octanol–water partition coefficient (Wildman–Crippen LogP) is -3.75. The number of nitrogens with zero attached hydrogens (tertiary/aromatic N) is 4. The van der Waals surface area contributed by atoms with Crippen LogP contribution in [-0.4, -0.2) is 59.8 Å². The molecule has 0 aliphatic carbocycles. The van der Waals surface area contributed by atoms with E-state index in [9.17, 15) is 25.1 Å². The molecule has 6 N–H and O–H groups in total. The zero-order valence-electron chi connectivity index (χ0n) is 11.4. The van der Waals surface area contributed by atoms with Gasteiger partial charge in [-0.1, -0.05) is 0 Å². The molecule has 1 aliphatic rings. The first-order chi connectivity index (χ1) is 10.8. The molecule has 4 atom stereocenters. The minimum atomic E-state index is -1.50. The quantitative estimate of drug-likeness (QED) is 0.213. The standard InChI is InChI=1S/C10H12N6O7/c11-10-12-7-4(8(20)13-10)15(16(21)22)2-14(7)9-6(19)5(18)3(1-17)23-9/h2-3,5-6,9,17-19H,1H2,(H2-,11,12,13,20)/p+1/t3-,5-,6-,9-/m1/s1. The summed E-state index contributed by atoms with van der Waals surface area (Å²) >= 11 is 0. The third-order valence-electron chi connectivity index (χ3n) is 3.57. The fourth-order valence-electron chi connectivity index (χ4n) is 2.51. The van der Waals surface area contributed by atoms with Crippen molar-refractivity contribution in [2.45, 2.75) is 24.5 Å². The molecule has 0 radical (unpaired) electrons. The van der Waals surface area contributed by atoms with E-state index in [0.717, 1.165) is 10.9 Å². The molecule has 13 nitrogen and oxygen atoms in total. The second-order valence-corrected chi connectivity index (χ2v) is 4.96. The van der Waals surface area contributed by atoms with E-state index in [1.54, 1.807) is 0 Å². The van der Waals surface area contributed by atoms with Crippen molar-refractivity contribution in [3.8, 4) is 0 Å². The van der Waals surface area contributed by atoms with Crippen LogP contribution in [0.15, 0.2) is 11.1 Å². The van der Waals surface area contributed by atoms with Gasteiger partial charge in [-0.2, -0.15) is 9.55 Å². The molecule has 0 saturated carbocycles. The molecular formula is C10H13N6O7+. The maximum absolute atomic E-state index is 11.9. The lowest BCUT2D eigenvalue weighted by molar-refractivity contribution is -1.18. The summed E-state index contributed by atoms with van der Waals surface area (Å²) in [4.78, 5) is 29.0. The number of imidazole rings is 1. The van der Waals surface area contributed by atoms with Crippen molar-refractivity contribution < 1.29 is 29.8 Å². The Morgan fingerprint density at radius 3 is 2.78 bits per heavy atom. The summed E-state index contributed by atoms with van der Waals surface area (Å²) in [5.41, 5.74) is 3.96. The fraction of sp³-hybridized carbons (Fsp3) is 0.500. The first kappa shape index (κ1) is 15.3. The fourth-order valence-corrected chi connectivity index (χ4v) is 2.51. The molecule has 1 aliphatic heterocycles. The molecule has 23 heavy (non-hydrogen) atoms. The predicted molar refractivity (Wildman–Crippen MR) is 70.4 cm³/mol. The van der Waals surface area contributed by atoms with Crippen LogP contribution in [0.25, 0.3) is 11.2 Å². The van der Waals surface area contributed by atoms with Gasteiger partial charge in [-0.15, -0.1) is 0 Å². The molecule has 0 bridgehead atoms. The number of nitrogens with two attached hydrogens (primary N) is 1. The number of aliphatic hydroxyl groups is 3. The van der Waals surface area contributed by atoms with Crippen molar-refractivity contribution >= 4 is 17.1 Å². The number of nitrogens with one attached hydrogen (secondary N) is 1. The van der Waals surface area contributed by atoms with Crippen LogP contribution in [0.3, 0.4) is 0 Å². The Labute approximate surface area is 126 Å². The van der Waals surface area contributed by atoms with Crippen LogP contribution in [0.5, 0.6) is 0 Å². The van der Waals surface area contributed by atoms with Crippen molar-refractivity contribution in [1.29, 1.82) is 0 Å². The highest BCUT2D eigenvalue weighted by Crippen LogP contribution is 2.30. The normalized spacial score (nSPS) is 27.6. The summed E-state index contributed by atoms with van der Waals surface area (Å²) in [6, 6.07) is 0. The number of H-pyrrole nitrogens is 1. The van der Waals surface area contributed by atoms with Crippen molar-refractivity contribution in [3.63, 3.8) is 0 Å². The van der Waals surface area contributed by atoms with E-state index < -0.39 is 47.3 Å². The number of nitrogen functional groups attached to an aromatic ring is 1. The zero-order valence-corrected chi connectivity index (χ0v) is 11.4. The highest BCUT2D eigenvalue weighted by molar-refractivity contribution is 5.66. The highest BCUT2D eigenvalue weighted by atomic mass is 16.7. The summed E-state index contributed by atoms with van der Waals surface area (Å²) in [5, 5.41) is 39.1. The monoisotopic (exact) mass is 329 g/mol. The van der Waals surface area contributed by atoms with E-state index >= 15 is 0 Å². The number of fused-ring (bicyclic) bond motifs is 1. The van der Waals surface area contributed by atoms with Gasteiger partial charge in [0, 0.05) is 0 Å². The zero-order chi connectivity index (χ0) is 16.9. The van der Waals surface area contributed by atoms with Crippen LogP contribution < -0.4 is 16.0 Å². The second kappa shape index (κ2) is 5.24. The summed E-state index contributed by atoms with van der Waals surface area (Å²) in [6.07, 6.45) is -4.40. The average Bonchev–Trinajstić information content (AvgIpc) is 2.99. The lowest BCUT2D eigenvalue weighted by Gasteiger charge is -2.10. The molecule has 0 unspecified atom stereocenters. The second-order valence-electron chi connectivity index (χ2n) is 4.96. The summed E-state index contributed by atoms with van der Waals surface area (Å²) in [7, 11) is 0. The van der Waals surface area contributed by atoms with Crippen molar-refractivity contribution in [3.05, 3.63) is 26.8 Å². The molecular weight excluding hydrogens is 316 g/mol. The van der Waals surface area contributed by atoms with Gasteiger partial charge in [0.15, 0.2) is 0 Å². The Hall–Kier alpha value is -2.61. The van der Waals surface area contributed by atoms with Crippen LogP contribution in [0.2, 0.25) is 0 Å². The average molecular weight is 329 g/mol. The van der Waals surface area contributed by atoms with Crippen molar-refractivity contribution in [1.82, 2.24) is 14.5 Å².